The van der Waals surface area contributed by atoms with Crippen molar-refractivity contribution < 1.29 is 14.6 Å². The van der Waals surface area contributed by atoms with Crippen molar-refractivity contribution in [2.45, 2.75) is 45.8 Å². The highest BCUT2D eigenvalue weighted by Crippen LogP contribution is 2.36. The van der Waals surface area contributed by atoms with Crippen molar-refractivity contribution in [2.75, 3.05) is 0 Å². The number of fused-ring (bicyclic) bond motifs is 1. The fourth-order valence-electron chi connectivity index (χ4n) is 1.88. The number of hydrogen-bond acceptors (Lipinski definition) is 4. The average Bonchev–Trinajstić information content (AvgIpc) is 2.41. The molecular formula is C15H22N2O3. The van der Waals surface area contributed by atoms with Crippen molar-refractivity contribution in [1.29, 1.82) is 0 Å². The Morgan fingerprint density at radius 3 is 2.55 bits per heavy atom. The average molecular weight is 278 g/mol. The minimum atomic E-state index is -1.01. The van der Waals surface area contributed by atoms with Crippen molar-refractivity contribution in [1.82, 2.24) is 4.98 Å². The second-order valence-corrected chi connectivity index (χ2v) is 4.60. The number of carboxylic acids is 1. The minimum Gasteiger partial charge on any atom is -0.478 e. The SMILES string of the molecule is C#C.CC.CC1(C)C[C@H](N)c2cc(C(=O)O)cnc2O1. The molecule has 110 valence electrons. The molecule has 0 fully saturated rings. The van der Waals surface area contributed by atoms with Crippen molar-refractivity contribution in [3.63, 3.8) is 0 Å². The summed E-state index contributed by atoms with van der Waals surface area (Å²) in [5, 5.41) is 8.85. The van der Waals surface area contributed by atoms with E-state index in [1.165, 1.54) is 12.3 Å². The third-order valence-corrected chi connectivity index (χ3v) is 2.61. The molecule has 2 heterocycles. The van der Waals surface area contributed by atoms with E-state index in [2.05, 4.69) is 17.8 Å². The van der Waals surface area contributed by atoms with Gasteiger partial charge in [-0.25, -0.2) is 9.78 Å². The van der Waals surface area contributed by atoms with Crippen molar-refractivity contribution in [3.05, 3.63) is 23.4 Å². The van der Waals surface area contributed by atoms with Crippen LogP contribution in [0.1, 0.15) is 56.1 Å². The summed E-state index contributed by atoms with van der Waals surface area (Å²) in [4.78, 5) is 14.8. The summed E-state index contributed by atoms with van der Waals surface area (Å²) in [5.41, 5.74) is 6.42. The van der Waals surface area contributed by atoms with E-state index in [-0.39, 0.29) is 17.2 Å². The molecular weight excluding hydrogens is 256 g/mol. The first kappa shape index (κ1) is 17.9. The molecule has 2 rings (SSSR count). The van der Waals surface area contributed by atoms with E-state index in [0.29, 0.717) is 17.9 Å². The van der Waals surface area contributed by atoms with Crippen LogP contribution in [-0.4, -0.2) is 21.7 Å². The zero-order valence-electron chi connectivity index (χ0n) is 12.4. The van der Waals surface area contributed by atoms with Gasteiger partial charge in [0.25, 0.3) is 0 Å². The number of carboxylic acid groups (broad SMARTS) is 1. The summed E-state index contributed by atoms with van der Waals surface area (Å²) in [7, 11) is 0. The van der Waals surface area contributed by atoms with Gasteiger partial charge in [0, 0.05) is 24.2 Å². The van der Waals surface area contributed by atoms with Gasteiger partial charge in [-0.2, -0.15) is 0 Å². The minimum absolute atomic E-state index is 0.137. The Morgan fingerprint density at radius 1 is 1.50 bits per heavy atom. The van der Waals surface area contributed by atoms with E-state index in [1.807, 2.05) is 27.7 Å². The second kappa shape index (κ2) is 7.51. The first-order chi connectivity index (χ1) is 9.39. The first-order valence-corrected chi connectivity index (χ1v) is 6.40. The van der Waals surface area contributed by atoms with Crippen LogP contribution in [0.5, 0.6) is 5.88 Å². The predicted octanol–water partition coefficient (Wildman–Crippen LogP) is 2.62. The molecule has 0 bridgehead atoms. The maximum atomic E-state index is 10.8. The maximum Gasteiger partial charge on any atom is 0.337 e. The van der Waals surface area contributed by atoms with Crippen molar-refractivity contribution >= 4 is 5.97 Å². The smallest absolute Gasteiger partial charge is 0.337 e. The number of nitrogens with zero attached hydrogens (tertiary/aromatic N) is 1. The van der Waals surface area contributed by atoms with E-state index in [0.717, 1.165) is 0 Å². The summed E-state index contributed by atoms with van der Waals surface area (Å²) in [6.45, 7) is 7.87. The Hall–Kier alpha value is -2.06. The van der Waals surface area contributed by atoms with Gasteiger partial charge in [0.15, 0.2) is 0 Å². The molecule has 0 aliphatic carbocycles. The monoisotopic (exact) mass is 278 g/mol. The van der Waals surface area contributed by atoms with E-state index in [4.69, 9.17) is 15.6 Å². The molecule has 1 aromatic rings. The molecule has 0 radical (unpaired) electrons. The molecule has 1 aliphatic rings. The molecule has 1 aliphatic heterocycles. The summed E-state index contributed by atoms with van der Waals surface area (Å²) < 4.78 is 5.64. The lowest BCUT2D eigenvalue weighted by atomic mass is 9.91. The molecule has 5 heteroatoms. The predicted molar refractivity (Wildman–Crippen MR) is 78.7 cm³/mol. The van der Waals surface area contributed by atoms with Gasteiger partial charge < -0.3 is 15.6 Å². The molecule has 0 saturated heterocycles. The topological polar surface area (TPSA) is 85.4 Å². The Labute approximate surface area is 120 Å². The number of rotatable bonds is 1. The highest BCUT2D eigenvalue weighted by Gasteiger charge is 2.33. The second-order valence-electron chi connectivity index (χ2n) is 4.60. The van der Waals surface area contributed by atoms with Crippen LogP contribution in [0.2, 0.25) is 0 Å². The van der Waals surface area contributed by atoms with Gasteiger partial charge in [-0.1, -0.05) is 13.8 Å². The van der Waals surface area contributed by atoms with Crippen LogP contribution < -0.4 is 10.5 Å². The van der Waals surface area contributed by atoms with Gasteiger partial charge in [-0.05, 0) is 19.9 Å². The third-order valence-electron chi connectivity index (χ3n) is 2.61. The van der Waals surface area contributed by atoms with E-state index < -0.39 is 5.97 Å². The van der Waals surface area contributed by atoms with Gasteiger partial charge >= 0.3 is 5.97 Å². The van der Waals surface area contributed by atoms with Gasteiger partial charge in [0.2, 0.25) is 5.88 Å². The number of aromatic nitrogens is 1. The molecule has 20 heavy (non-hydrogen) atoms. The molecule has 1 atom stereocenters. The number of nitrogens with two attached hydrogens (primary N) is 1. The first-order valence-electron chi connectivity index (χ1n) is 6.40. The molecule has 3 N–H and O–H groups in total. The summed E-state index contributed by atoms with van der Waals surface area (Å²) in [5.74, 6) is -0.568. The third kappa shape index (κ3) is 4.25. The molecule has 0 amide bonds. The van der Waals surface area contributed by atoms with Gasteiger partial charge in [0.1, 0.15) is 5.60 Å². The Balaban J connectivity index is 0.000000829. The number of terminal acetylenes is 1. The van der Waals surface area contributed by atoms with Crippen LogP contribution in [0.25, 0.3) is 0 Å². The molecule has 0 aromatic carbocycles. The zero-order valence-corrected chi connectivity index (χ0v) is 12.4. The number of aromatic carboxylic acids is 1. The normalized spacial score (nSPS) is 18.1. The lowest BCUT2D eigenvalue weighted by Crippen LogP contribution is -2.38. The lowest BCUT2D eigenvalue weighted by molar-refractivity contribution is 0.0656. The number of ether oxygens (including phenoxy) is 1. The summed E-state index contributed by atoms with van der Waals surface area (Å²) in [6.07, 6.45) is 9.93. The zero-order chi connectivity index (χ0) is 15.9. The Kier molecular flexibility index (Phi) is 6.74. The summed E-state index contributed by atoms with van der Waals surface area (Å²) in [6, 6.07) is 1.30. The van der Waals surface area contributed by atoms with E-state index in [1.54, 1.807) is 0 Å². The Morgan fingerprint density at radius 2 is 2.05 bits per heavy atom. The highest BCUT2D eigenvalue weighted by molar-refractivity contribution is 5.87. The van der Waals surface area contributed by atoms with Gasteiger partial charge in [-0.15, -0.1) is 12.8 Å². The number of carbonyl (C=O) groups is 1. The maximum absolute atomic E-state index is 10.8. The number of hydrogen-bond donors (Lipinski definition) is 2. The van der Waals surface area contributed by atoms with Crippen molar-refractivity contribution in [3.8, 4) is 18.7 Å². The van der Waals surface area contributed by atoms with Crippen molar-refractivity contribution in [2.24, 2.45) is 5.73 Å². The number of pyridine rings is 1. The molecule has 1 aromatic heterocycles. The molecule has 5 nitrogen and oxygen atoms in total. The van der Waals surface area contributed by atoms with Gasteiger partial charge in [0.05, 0.1) is 5.56 Å². The van der Waals surface area contributed by atoms with Crippen LogP contribution in [-0.2, 0) is 0 Å². The van der Waals surface area contributed by atoms with Crippen LogP contribution in [0.15, 0.2) is 12.3 Å². The molecule has 0 spiro atoms. The standard InChI is InChI=1S/C11H14N2O3.C2H6.C2H2/c1-11(2)4-8(12)7-3-6(10(14)15)5-13-9(7)16-11;2*1-2/h3,5,8H,4,12H2,1-2H3,(H,14,15);1-2H3;1-2H/t8-;;/m0../s1. The van der Waals surface area contributed by atoms with E-state index >= 15 is 0 Å². The van der Waals surface area contributed by atoms with Crippen LogP contribution >= 0.6 is 0 Å². The summed E-state index contributed by atoms with van der Waals surface area (Å²) >= 11 is 0. The molecule has 0 saturated carbocycles. The highest BCUT2D eigenvalue weighted by atomic mass is 16.5. The fourth-order valence-corrected chi connectivity index (χ4v) is 1.88. The quantitative estimate of drug-likeness (QED) is 0.771. The van der Waals surface area contributed by atoms with Crippen LogP contribution in [0.4, 0.5) is 0 Å². The Bertz CT molecular complexity index is 481. The van der Waals surface area contributed by atoms with Crippen LogP contribution in [0.3, 0.4) is 0 Å². The van der Waals surface area contributed by atoms with Gasteiger partial charge in [-0.3, -0.25) is 0 Å². The largest absolute Gasteiger partial charge is 0.478 e. The molecule has 0 unspecified atom stereocenters. The van der Waals surface area contributed by atoms with Crippen LogP contribution in [0, 0.1) is 12.8 Å². The fraction of sp³-hybridized carbons (Fsp3) is 0.467. The lowest BCUT2D eigenvalue weighted by Gasteiger charge is -2.35. The van der Waals surface area contributed by atoms with E-state index in [9.17, 15) is 4.79 Å².